The van der Waals surface area contributed by atoms with Crippen LogP contribution in [0.2, 0.25) is 0 Å². The largest absolute Gasteiger partial charge is 0.372 e. The van der Waals surface area contributed by atoms with Crippen LogP contribution in [0, 0.1) is 0 Å². The van der Waals surface area contributed by atoms with Gasteiger partial charge in [0.25, 0.3) is 0 Å². The molecule has 1 aliphatic heterocycles. The maximum atomic E-state index is 12.6. The van der Waals surface area contributed by atoms with Crippen LogP contribution in [0.3, 0.4) is 0 Å². The molecule has 0 saturated heterocycles. The lowest BCUT2D eigenvalue weighted by molar-refractivity contribution is -0.130. The van der Waals surface area contributed by atoms with E-state index >= 15 is 0 Å². The van der Waals surface area contributed by atoms with Crippen LogP contribution < -0.4 is 10.2 Å². The minimum atomic E-state index is -0.541. The second-order valence-corrected chi connectivity index (χ2v) is 6.39. The Morgan fingerprint density at radius 2 is 1.96 bits per heavy atom. The summed E-state index contributed by atoms with van der Waals surface area (Å²) in [5.74, 6) is -0.113. The molecule has 126 valence electrons. The first-order valence-corrected chi connectivity index (χ1v) is 7.88. The third-order valence-electron chi connectivity index (χ3n) is 4.23. The SMILES string of the molecule is CC(NC(=O)N1Cc2ccccc2N(C)CC1C)C(=O)N(C)C. The summed E-state index contributed by atoms with van der Waals surface area (Å²) in [6.07, 6.45) is 0. The lowest BCUT2D eigenvalue weighted by Gasteiger charge is -2.30. The summed E-state index contributed by atoms with van der Waals surface area (Å²) in [4.78, 5) is 30.0. The summed E-state index contributed by atoms with van der Waals surface area (Å²) in [5.41, 5.74) is 2.26. The highest BCUT2D eigenvalue weighted by Gasteiger charge is 2.28. The van der Waals surface area contributed by atoms with Crippen LogP contribution in [0.1, 0.15) is 19.4 Å². The Morgan fingerprint density at radius 1 is 1.30 bits per heavy atom. The number of urea groups is 1. The molecule has 0 bridgehead atoms. The van der Waals surface area contributed by atoms with Crippen molar-refractivity contribution in [3.8, 4) is 0 Å². The predicted octanol–water partition coefficient (Wildman–Crippen LogP) is 1.51. The van der Waals surface area contributed by atoms with E-state index < -0.39 is 6.04 Å². The molecule has 6 heteroatoms. The number of carbonyl (C=O) groups is 2. The van der Waals surface area contributed by atoms with Crippen molar-refractivity contribution < 1.29 is 9.59 Å². The molecule has 0 radical (unpaired) electrons. The fourth-order valence-electron chi connectivity index (χ4n) is 2.94. The number of nitrogens with one attached hydrogen (secondary N) is 1. The summed E-state index contributed by atoms with van der Waals surface area (Å²) in [6.45, 7) is 5.03. The minimum Gasteiger partial charge on any atom is -0.372 e. The Balaban J connectivity index is 2.15. The number of likely N-dealkylation sites (N-methyl/N-ethyl adjacent to an activating group) is 2. The summed E-state index contributed by atoms with van der Waals surface area (Å²) in [7, 11) is 5.41. The van der Waals surface area contributed by atoms with Crippen LogP contribution in [0.15, 0.2) is 24.3 Å². The van der Waals surface area contributed by atoms with Gasteiger partial charge in [0.15, 0.2) is 0 Å². The molecule has 1 N–H and O–H groups in total. The number of hydrogen-bond donors (Lipinski definition) is 1. The van der Waals surface area contributed by atoms with E-state index in [1.165, 1.54) is 4.90 Å². The van der Waals surface area contributed by atoms with Gasteiger partial charge in [-0.1, -0.05) is 18.2 Å². The Morgan fingerprint density at radius 3 is 2.61 bits per heavy atom. The highest BCUT2D eigenvalue weighted by Crippen LogP contribution is 2.25. The smallest absolute Gasteiger partial charge is 0.318 e. The third-order valence-corrected chi connectivity index (χ3v) is 4.23. The molecular weight excluding hydrogens is 292 g/mol. The van der Waals surface area contributed by atoms with Gasteiger partial charge in [-0.25, -0.2) is 4.79 Å². The quantitative estimate of drug-likeness (QED) is 0.899. The maximum absolute atomic E-state index is 12.6. The van der Waals surface area contributed by atoms with Crippen LogP contribution in [-0.2, 0) is 11.3 Å². The number of rotatable bonds is 2. The molecule has 1 aromatic rings. The molecule has 1 aromatic carbocycles. The van der Waals surface area contributed by atoms with E-state index in [0.29, 0.717) is 6.54 Å². The summed E-state index contributed by atoms with van der Waals surface area (Å²) < 4.78 is 0. The number of carbonyl (C=O) groups excluding carboxylic acids is 2. The molecule has 2 rings (SSSR count). The fourth-order valence-corrected chi connectivity index (χ4v) is 2.94. The average Bonchev–Trinajstić information content (AvgIpc) is 2.63. The maximum Gasteiger partial charge on any atom is 0.318 e. The van der Waals surface area contributed by atoms with Crippen LogP contribution in [0.4, 0.5) is 10.5 Å². The Bertz CT molecular complexity index is 588. The Kier molecular flexibility index (Phi) is 5.13. The van der Waals surface area contributed by atoms with Gasteiger partial charge in [-0.3, -0.25) is 4.79 Å². The minimum absolute atomic E-state index is 0.0501. The van der Waals surface area contributed by atoms with Crippen LogP contribution in [0.5, 0.6) is 0 Å². The molecule has 1 heterocycles. The summed E-state index contributed by atoms with van der Waals surface area (Å²) >= 11 is 0. The van der Waals surface area contributed by atoms with Crippen LogP contribution in [0.25, 0.3) is 0 Å². The molecule has 2 unspecified atom stereocenters. The van der Waals surface area contributed by atoms with Gasteiger partial charge in [-0.2, -0.15) is 0 Å². The molecule has 0 saturated carbocycles. The molecule has 23 heavy (non-hydrogen) atoms. The van der Waals surface area contributed by atoms with Crippen molar-refractivity contribution in [1.82, 2.24) is 15.1 Å². The van der Waals surface area contributed by atoms with Gasteiger partial charge in [0, 0.05) is 46.0 Å². The first kappa shape index (κ1) is 17.1. The molecule has 0 spiro atoms. The number of fused-ring (bicyclic) bond motifs is 1. The zero-order chi connectivity index (χ0) is 17.1. The molecular formula is C17H26N4O2. The second kappa shape index (κ2) is 6.89. The van der Waals surface area contributed by atoms with Crippen molar-refractivity contribution in [3.63, 3.8) is 0 Å². The van der Waals surface area contributed by atoms with E-state index in [0.717, 1.165) is 17.8 Å². The third kappa shape index (κ3) is 3.75. The summed E-state index contributed by atoms with van der Waals surface area (Å²) in [6, 6.07) is 7.41. The predicted molar refractivity (Wildman–Crippen MR) is 91.4 cm³/mol. The molecule has 0 fully saturated rings. The number of amides is 3. The molecule has 6 nitrogen and oxygen atoms in total. The number of hydrogen-bond acceptors (Lipinski definition) is 3. The lowest BCUT2D eigenvalue weighted by Crippen LogP contribution is -2.52. The number of anilines is 1. The lowest BCUT2D eigenvalue weighted by atomic mass is 10.1. The highest BCUT2D eigenvalue weighted by atomic mass is 16.2. The number of para-hydroxylation sites is 1. The van der Waals surface area contributed by atoms with E-state index in [-0.39, 0.29) is 18.0 Å². The standard InChI is InChI=1S/C17H26N4O2/c1-12-10-20(5)15-9-7-6-8-14(15)11-21(12)17(23)18-13(2)16(22)19(3)4/h6-9,12-13H,10-11H2,1-5H3,(H,18,23). The van der Waals surface area contributed by atoms with Crippen molar-refractivity contribution in [1.29, 1.82) is 0 Å². The highest BCUT2D eigenvalue weighted by molar-refractivity contribution is 5.86. The van der Waals surface area contributed by atoms with Gasteiger partial charge in [0.05, 0.1) is 0 Å². The molecule has 3 amide bonds. The summed E-state index contributed by atoms with van der Waals surface area (Å²) in [5, 5.41) is 2.81. The zero-order valence-corrected chi connectivity index (χ0v) is 14.5. The van der Waals surface area contributed by atoms with Crippen LogP contribution in [-0.4, -0.2) is 61.5 Å². The molecule has 0 aromatic heterocycles. The second-order valence-electron chi connectivity index (χ2n) is 6.39. The zero-order valence-electron chi connectivity index (χ0n) is 14.5. The first-order chi connectivity index (χ1) is 10.8. The molecule has 1 aliphatic rings. The van der Waals surface area contributed by atoms with E-state index in [4.69, 9.17) is 0 Å². The normalized spacial score (nSPS) is 18.7. The van der Waals surface area contributed by atoms with Crippen molar-refractivity contribution in [2.24, 2.45) is 0 Å². The average molecular weight is 318 g/mol. The van der Waals surface area contributed by atoms with Crippen molar-refractivity contribution in [2.75, 3.05) is 32.6 Å². The van der Waals surface area contributed by atoms with Gasteiger partial charge in [0.1, 0.15) is 6.04 Å². The number of nitrogens with zero attached hydrogens (tertiary/aromatic N) is 3. The number of benzene rings is 1. The fraction of sp³-hybridized carbons (Fsp3) is 0.529. The topological polar surface area (TPSA) is 55.9 Å². The van der Waals surface area contributed by atoms with Gasteiger partial charge < -0.3 is 20.0 Å². The van der Waals surface area contributed by atoms with Gasteiger partial charge in [-0.15, -0.1) is 0 Å². The van der Waals surface area contributed by atoms with Gasteiger partial charge >= 0.3 is 6.03 Å². The van der Waals surface area contributed by atoms with Crippen LogP contribution >= 0.6 is 0 Å². The van der Waals surface area contributed by atoms with E-state index in [9.17, 15) is 9.59 Å². The Hall–Kier alpha value is -2.24. The van der Waals surface area contributed by atoms with Gasteiger partial charge in [0.2, 0.25) is 5.91 Å². The van der Waals surface area contributed by atoms with E-state index in [1.54, 1.807) is 25.9 Å². The van der Waals surface area contributed by atoms with Gasteiger partial charge in [-0.05, 0) is 25.5 Å². The molecule has 0 aliphatic carbocycles. The monoisotopic (exact) mass is 318 g/mol. The van der Waals surface area contributed by atoms with Crippen molar-refractivity contribution in [3.05, 3.63) is 29.8 Å². The van der Waals surface area contributed by atoms with E-state index in [1.807, 2.05) is 32.2 Å². The Labute approximate surface area is 138 Å². The van der Waals surface area contributed by atoms with Crippen molar-refractivity contribution >= 4 is 17.6 Å². The molecule has 2 atom stereocenters. The van der Waals surface area contributed by atoms with Crippen molar-refractivity contribution in [2.45, 2.75) is 32.5 Å². The first-order valence-electron chi connectivity index (χ1n) is 7.88. The van der Waals surface area contributed by atoms with E-state index in [2.05, 4.69) is 16.3 Å².